The molecule has 0 aromatic heterocycles. The zero-order valence-electron chi connectivity index (χ0n) is 10.7. The second kappa shape index (κ2) is 8.37. The largest absolute Gasteiger partial charge is 0.396 e. The van der Waals surface area contributed by atoms with Crippen LogP contribution in [0.3, 0.4) is 0 Å². The zero-order valence-corrected chi connectivity index (χ0v) is 11.6. The van der Waals surface area contributed by atoms with Crippen LogP contribution in [0.1, 0.15) is 39.5 Å². The zero-order chi connectivity index (χ0) is 11.8. The summed E-state index contributed by atoms with van der Waals surface area (Å²) in [4.78, 5) is 0. The molecule has 3 atom stereocenters. The molecule has 3 unspecified atom stereocenters. The average Bonchev–Trinajstić information content (AvgIpc) is 2.28. The molecule has 0 radical (unpaired) electrons. The molecule has 1 rings (SSSR count). The molecule has 1 saturated carbocycles. The Balaban J connectivity index is 1.97. The first-order valence-electron chi connectivity index (χ1n) is 6.66. The molecule has 3 heteroatoms. The summed E-state index contributed by atoms with van der Waals surface area (Å²) in [5.74, 6) is 4.07. The van der Waals surface area contributed by atoms with Crippen molar-refractivity contribution in [1.82, 2.24) is 5.32 Å². The Morgan fingerprint density at radius 1 is 1.19 bits per heavy atom. The average molecular weight is 245 g/mol. The summed E-state index contributed by atoms with van der Waals surface area (Å²) in [5.41, 5.74) is 0. The van der Waals surface area contributed by atoms with Crippen LogP contribution in [0, 0.1) is 11.8 Å². The second-order valence-corrected chi connectivity index (χ2v) is 6.33. The van der Waals surface area contributed by atoms with Gasteiger partial charge in [-0.25, -0.2) is 0 Å². The van der Waals surface area contributed by atoms with E-state index in [4.69, 9.17) is 5.11 Å². The van der Waals surface area contributed by atoms with Gasteiger partial charge in [0.15, 0.2) is 0 Å². The minimum Gasteiger partial charge on any atom is -0.396 e. The van der Waals surface area contributed by atoms with Crippen LogP contribution in [-0.4, -0.2) is 35.8 Å². The Kier molecular flexibility index (Phi) is 7.50. The minimum absolute atomic E-state index is 0.332. The number of aliphatic hydroxyl groups is 1. The molecule has 96 valence electrons. The lowest BCUT2D eigenvalue weighted by Gasteiger charge is -2.32. The third kappa shape index (κ3) is 5.55. The van der Waals surface area contributed by atoms with Crippen molar-refractivity contribution in [1.29, 1.82) is 0 Å². The molecular formula is C13H27NOS. The van der Waals surface area contributed by atoms with Crippen LogP contribution in [-0.2, 0) is 0 Å². The maximum atomic E-state index is 8.65. The molecular weight excluding hydrogens is 218 g/mol. The van der Waals surface area contributed by atoms with Gasteiger partial charge in [-0.1, -0.05) is 13.8 Å². The molecule has 1 aliphatic carbocycles. The van der Waals surface area contributed by atoms with E-state index >= 15 is 0 Å². The molecule has 0 aromatic rings. The molecule has 1 aliphatic rings. The van der Waals surface area contributed by atoms with E-state index in [0.717, 1.165) is 36.6 Å². The molecule has 16 heavy (non-hydrogen) atoms. The Hall–Kier alpha value is 0.270. The molecule has 0 aromatic carbocycles. The van der Waals surface area contributed by atoms with E-state index in [-0.39, 0.29) is 0 Å². The van der Waals surface area contributed by atoms with Crippen LogP contribution >= 0.6 is 11.8 Å². The first kappa shape index (κ1) is 14.3. The summed E-state index contributed by atoms with van der Waals surface area (Å²) in [7, 11) is 0. The first-order valence-corrected chi connectivity index (χ1v) is 7.81. The molecule has 0 bridgehead atoms. The summed E-state index contributed by atoms with van der Waals surface area (Å²) in [6, 6.07) is 0.754. The number of thioether (sulfide) groups is 1. The van der Waals surface area contributed by atoms with Gasteiger partial charge in [0.1, 0.15) is 0 Å². The van der Waals surface area contributed by atoms with Crippen molar-refractivity contribution < 1.29 is 5.11 Å². The third-order valence-corrected chi connectivity index (χ3v) is 4.79. The minimum atomic E-state index is 0.332. The van der Waals surface area contributed by atoms with Gasteiger partial charge in [-0.3, -0.25) is 0 Å². The lowest BCUT2D eigenvalue weighted by atomic mass is 9.79. The Morgan fingerprint density at radius 2 is 2.00 bits per heavy atom. The van der Waals surface area contributed by atoms with Crippen molar-refractivity contribution in [3.8, 4) is 0 Å². The fourth-order valence-corrected chi connectivity index (χ4v) is 3.14. The highest BCUT2D eigenvalue weighted by Crippen LogP contribution is 2.29. The van der Waals surface area contributed by atoms with Gasteiger partial charge in [-0.2, -0.15) is 11.8 Å². The van der Waals surface area contributed by atoms with Gasteiger partial charge in [-0.05, 0) is 43.3 Å². The van der Waals surface area contributed by atoms with E-state index in [0.29, 0.717) is 6.61 Å². The molecule has 0 saturated heterocycles. The predicted octanol–water partition coefficient (Wildman–Crippen LogP) is 2.52. The quantitative estimate of drug-likeness (QED) is 0.676. The van der Waals surface area contributed by atoms with Gasteiger partial charge in [0.25, 0.3) is 0 Å². The van der Waals surface area contributed by atoms with Crippen molar-refractivity contribution in [2.24, 2.45) is 11.8 Å². The third-order valence-electron chi connectivity index (χ3n) is 3.72. The molecule has 0 aliphatic heterocycles. The van der Waals surface area contributed by atoms with E-state index in [1.165, 1.54) is 25.0 Å². The fraction of sp³-hybridized carbons (Fsp3) is 1.00. The number of hydrogen-bond donors (Lipinski definition) is 2. The number of hydrogen-bond acceptors (Lipinski definition) is 3. The first-order chi connectivity index (χ1) is 7.74. The van der Waals surface area contributed by atoms with Gasteiger partial charge < -0.3 is 10.4 Å². The van der Waals surface area contributed by atoms with Crippen molar-refractivity contribution >= 4 is 11.8 Å². The van der Waals surface area contributed by atoms with Crippen LogP contribution in [0.15, 0.2) is 0 Å². The van der Waals surface area contributed by atoms with Crippen LogP contribution in [0.2, 0.25) is 0 Å². The van der Waals surface area contributed by atoms with Gasteiger partial charge in [-0.15, -0.1) is 0 Å². The van der Waals surface area contributed by atoms with Crippen LogP contribution in [0.4, 0.5) is 0 Å². The molecule has 2 nitrogen and oxygen atoms in total. The number of nitrogens with one attached hydrogen (secondary N) is 1. The number of rotatable bonds is 7. The highest BCUT2D eigenvalue weighted by molar-refractivity contribution is 7.99. The predicted molar refractivity (Wildman–Crippen MR) is 73.0 cm³/mol. The second-order valence-electron chi connectivity index (χ2n) is 5.11. The standard InChI is InChI=1S/C13H27NOS/c1-11-4-5-13(10-12(11)2)14-6-9-16-8-3-7-15/h11-15H,3-10H2,1-2H3. The van der Waals surface area contributed by atoms with Crippen LogP contribution in [0.25, 0.3) is 0 Å². The monoisotopic (exact) mass is 245 g/mol. The van der Waals surface area contributed by atoms with E-state index in [1.807, 2.05) is 11.8 Å². The molecule has 0 spiro atoms. The SMILES string of the molecule is CC1CCC(NCCSCCCO)CC1C. The lowest BCUT2D eigenvalue weighted by Crippen LogP contribution is -2.37. The maximum absolute atomic E-state index is 8.65. The van der Waals surface area contributed by atoms with Gasteiger partial charge in [0.05, 0.1) is 0 Å². The highest BCUT2D eigenvalue weighted by atomic mass is 32.2. The van der Waals surface area contributed by atoms with Crippen LogP contribution in [0.5, 0.6) is 0 Å². The molecule has 1 fully saturated rings. The van der Waals surface area contributed by atoms with Crippen molar-refractivity contribution in [3.05, 3.63) is 0 Å². The highest BCUT2D eigenvalue weighted by Gasteiger charge is 2.23. The lowest BCUT2D eigenvalue weighted by molar-refractivity contribution is 0.228. The van der Waals surface area contributed by atoms with Crippen molar-refractivity contribution in [2.75, 3.05) is 24.7 Å². The van der Waals surface area contributed by atoms with E-state index in [9.17, 15) is 0 Å². The molecule has 0 amide bonds. The summed E-state index contributed by atoms with van der Waals surface area (Å²) < 4.78 is 0. The van der Waals surface area contributed by atoms with Crippen LogP contribution < -0.4 is 5.32 Å². The molecule has 2 N–H and O–H groups in total. The van der Waals surface area contributed by atoms with E-state index < -0.39 is 0 Å². The van der Waals surface area contributed by atoms with Crippen molar-refractivity contribution in [3.63, 3.8) is 0 Å². The van der Waals surface area contributed by atoms with E-state index in [2.05, 4.69) is 19.2 Å². The summed E-state index contributed by atoms with van der Waals surface area (Å²) in [5, 5.41) is 12.3. The Morgan fingerprint density at radius 3 is 2.69 bits per heavy atom. The van der Waals surface area contributed by atoms with Gasteiger partial charge >= 0.3 is 0 Å². The normalized spacial score (nSPS) is 30.6. The van der Waals surface area contributed by atoms with Crippen molar-refractivity contribution in [2.45, 2.75) is 45.6 Å². The van der Waals surface area contributed by atoms with Gasteiger partial charge in [0, 0.05) is 24.9 Å². The number of aliphatic hydroxyl groups excluding tert-OH is 1. The molecule has 0 heterocycles. The smallest absolute Gasteiger partial charge is 0.0438 e. The van der Waals surface area contributed by atoms with E-state index in [1.54, 1.807) is 0 Å². The summed E-state index contributed by atoms with van der Waals surface area (Å²) >= 11 is 1.95. The fourth-order valence-electron chi connectivity index (χ4n) is 2.34. The topological polar surface area (TPSA) is 32.3 Å². The van der Waals surface area contributed by atoms with Gasteiger partial charge in [0.2, 0.25) is 0 Å². The maximum Gasteiger partial charge on any atom is 0.0438 e. The Bertz CT molecular complexity index is 177. The Labute approximate surface area is 105 Å². The summed E-state index contributed by atoms with van der Waals surface area (Å²) in [6.45, 7) is 6.22. The summed E-state index contributed by atoms with van der Waals surface area (Å²) in [6.07, 6.45) is 5.02.